The maximum atomic E-state index is 14.6. The van der Waals surface area contributed by atoms with E-state index in [1.54, 1.807) is 73.9 Å². The zero-order chi connectivity index (χ0) is 24.6. The van der Waals surface area contributed by atoms with Gasteiger partial charge >= 0.3 is 5.91 Å². The summed E-state index contributed by atoms with van der Waals surface area (Å²) in [6.07, 6.45) is 1.49. The number of benzene rings is 2. The first-order chi connectivity index (χ1) is 16.1. The number of nitrogens with zero attached hydrogens (tertiary/aromatic N) is 1. The van der Waals surface area contributed by atoms with E-state index in [0.29, 0.717) is 27.1 Å². The molecule has 9 heteroatoms. The Hall–Kier alpha value is -3.07. The van der Waals surface area contributed by atoms with Crippen LogP contribution in [0.4, 0.5) is 4.39 Å². The molecule has 0 bridgehead atoms. The predicted octanol–water partition coefficient (Wildman–Crippen LogP) is 5.03. The number of fused-ring (bicyclic) bond motifs is 1. The number of hydrogen-bond donors (Lipinski definition) is 2. The summed E-state index contributed by atoms with van der Waals surface area (Å²) in [7, 11) is 0. The molecule has 2 heterocycles. The monoisotopic (exact) mass is 499 g/mol. The lowest BCUT2D eigenvalue weighted by molar-refractivity contribution is 0.0973. The molecule has 1 amide bonds. The molecule has 2 aromatic carbocycles. The van der Waals surface area contributed by atoms with E-state index in [1.807, 2.05) is 0 Å². The minimum Gasteiger partial charge on any atom is -0.593 e. The van der Waals surface area contributed by atoms with Crippen LogP contribution < -0.4 is 10.3 Å². The smallest absolute Gasteiger partial charge is 0.309 e. The molecule has 34 heavy (non-hydrogen) atoms. The van der Waals surface area contributed by atoms with E-state index in [2.05, 4.69) is 9.71 Å². The van der Waals surface area contributed by atoms with E-state index < -0.39 is 33.4 Å². The number of hydrogen-bond acceptors (Lipinski definition) is 3. The Bertz CT molecular complexity index is 1440. The Morgan fingerprint density at radius 2 is 1.91 bits per heavy atom. The van der Waals surface area contributed by atoms with Crippen LogP contribution in [-0.4, -0.2) is 24.8 Å². The van der Waals surface area contributed by atoms with Gasteiger partial charge in [0.2, 0.25) is 0 Å². The molecule has 4 aromatic rings. The first-order valence-electron chi connectivity index (χ1n) is 10.5. The molecule has 0 saturated carbocycles. The maximum absolute atomic E-state index is 14.6. The topological polar surface area (TPSA) is 89.9 Å². The molecular weight excluding hydrogens is 477 g/mol. The number of aromatic nitrogens is 2. The van der Waals surface area contributed by atoms with Crippen molar-refractivity contribution in [3.63, 3.8) is 0 Å². The summed E-state index contributed by atoms with van der Waals surface area (Å²) < 4.78 is 30.8. The minimum absolute atomic E-state index is 0.0143. The van der Waals surface area contributed by atoms with Gasteiger partial charge in [0.25, 0.3) is 5.56 Å². The molecule has 1 unspecified atom stereocenters. The summed E-state index contributed by atoms with van der Waals surface area (Å²) in [5, 5.41) is 0.960. The highest BCUT2D eigenvalue weighted by molar-refractivity contribution is 7.91. The number of carbonyl (C=O) groups is 1. The van der Waals surface area contributed by atoms with Gasteiger partial charge in [0.05, 0.1) is 17.9 Å². The van der Waals surface area contributed by atoms with Gasteiger partial charge in [-0.05, 0) is 57.2 Å². The van der Waals surface area contributed by atoms with Crippen LogP contribution in [0.2, 0.25) is 5.02 Å². The molecule has 6 nitrogen and oxygen atoms in total. The average Bonchev–Trinajstić information content (AvgIpc) is 3.08. The number of carbonyl (C=O) groups excluding carboxylic acids is 1. The zero-order valence-corrected chi connectivity index (χ0v) is 20.4. The summed E-state index contributed by atoms with van der Waals surface area (Å²) in [6, 6.07) is 14.5. The predicted molar refractivity (Wildman–Crippen MR) is 134 cm³/mol. The molecule has 1 atom stereocenters. The van der Waals surface area contributed by atoms with Gasteiger partial charge in [0.1, 0.15) is 16.3 Å². The Labute approximate surface area is 204 Å². The van der Waals surface area contributed by atoms with Crippen LogP contribution in [-0.2, 0) is 17.9 Å². The van der Waals surface area contributed by atoms with Crippen molar-refractivity contribution in [1.82, 2.24) is 14.3 Å². The first-order valence-corrected chi connectivity index (χ1v) is 12.1. The number of rotatable bonds is 5. The zero-order valence-electron chi connectivity index (χ0n) is 18.8. The number of nitrogens with one attached hydrogen (secondary N) is 2. The summed E-state index contributed by atoms with van der Waals surface area (Å²) >= 11 is 4.56. The van der Waals surface area contributed by atoms with Crippen molar-refractivity contribution >= 4 is 39.8 Å². The first kappa shape index (κ1) is 24.1. The van der Waals surface area contributed by atoms with Crippen LogP contribution >= 0.6 is 11.6 Å². The van der Waals surface area contributed by atoms with Gasteiger partial charge in [-0.1, -0.05) is 29.8 Å². The molecular formula is C25H23ClFN3O3S. The maximum Gasteiger partial charge on any atom is 0.309 e. The lowest BCUT2D eigenvalue weighted by Gasteiger charge is -2.23. The highest BCUT2D eigenvalue weighted by Gasteiger charge is 2.33. The second-order valence-corrected chi connectivity index (χ2v) is 11.2. The van der Waals surface area contributed by atoms with Gasteiger partial charge in [-0.15, -0.1) is 0 Å². The molecule has 2 aromatic heterocycles. The molecule has 0 spiro atoms. The van der Waals surface area contributed by atoms with Crippen molar-refractivity contribution in [3.8, 4) is 11.1 Å². The Morgan fingerprint density at radius 3 is 2.59 bits per heavy atom. The second kappa shape index (κ2) is 9.29. The highest BCUT2D eigenvalue weighted by atomic mass is 35.5. The number of halogens is 2. The minimum atomic E-state index is -1.72. The third-order valence-corrected chi connectivity index (χ3v) is 7.07. The lowest BCUT2D eigenvalue weighted by Crippen LogP contribution is -2.43. The average molecular weight is 500 g/mol. The van der Waals surface area contributed by atoms with Gasteiger partial charge < -0.3 is 14.1 Å². The van der Waals surface area contributed by atoms with Gasteiger partial charge in [0.15, 0.2) is 0 Å². The largest absolute Gasteiger partial charge is 0.593 e. The third-order valence-electron chi connectivity index (χ3n) is 5.36. The number of aromatic amines is 1. The van der Waals surface area contributed by atoms with Crippen molar-refractivity contribution in [3.05, 3.63) is 93.2 Å². The van der Waals surface area contributed by atoms with Crippen molar-refractivity contribution in [2.45, 2.75) is 32.1 Å². The van der Waals surface area contributed by atoms with Crippen molar-refractivity contribution in [2.75, 3.05) is 0 Å². The van der Waals surface area contributed by atoms with Crippen LogP contribution in [0.1, 0.15) is 36.8 Å². The molecule has 0 aliphatic heterocycles. The van der Waals surface area contributed by atoms with E-state index >= 15 is 0 Å². The van der Waals surface area contributed by atoms with E-state index in [0.717, 1.165) is 0 Å². The van der Waals surface area contributed by atoms with Crippen molar-refractivity contribution < 1.29 is 13.7 Å². The lowest BCUT2D eigenvalue weighted by atomic mass is 10.0. The molecule has 0 aliphatic rings. The van der Waals surface area contributed by atoms with Crippen LogP contribution in [0.15, 0.2) is 65.6 Å². The van der Waals surface area contributed by atoms with Gasteiger partial charge in [0, 0.05) is 38.8 Å². The van der Waals surface area contributed by atoms with E-state index in [-0.39, 0.29) is 17.8 Å². The summed E-state index contributed by atoms with van der Waals surface area (Å²) in [4.78, 5) is 29.0. The SMILES string of the molecule is CC(C)(C)[S+]([O-])NC(=O)c1c(-c2ccc[nH]c2=O)c2cc(Cl)ccc2n1Cc1ccccc1F. The summed E-state index contributed by atoms with van der Waals surface area (Å²) in [5.74, 6) is -1.07. The second-order valence-electron chi connectivity index (χ2n) is 8.79. The van der Waals surface area contributed by atoms with E-state index in [9.17, 15) is 18.5 Å². The summed E-state index contributed by atoms with van der Waals surface area (Å²) in [6.45, 7) is 5.23. The molecule has 0 fully saturated rings. The van der Waals surface area contributed by atoms with E-state index in [1.165, 1.54) is 12.3 Å². The number of H-pyrrole nitrogens is 1. The Morgan fingerprint density at radius 1 is 1.18 bits per heavy atom. The Kier molecular flexibility index (Phi) is 6.58. The van der Waals surface area contributed by atoms with Crippen LogP contribution in [0.3, 0.4) is 0 Å². The normalized spacial score (nSPS) is 12.6. The Balaban J connectivity index is 2.03. The third kappa shape index (κ3) is 4.61. The van der Waals surface area contributed by atoms with Gasteiger partial charge in [-0.3, -0.25) is 9.59 Å². The summed E-state index contributed by atoms with van der Waals surface area (Å²) in [5.41, 5.74) is 1.20. The fraction of sp³-hybridized carbons (Fsp3) is 0.200. The van der Waals surface area contributed by atoms with Gasteiger partial charge in [-0.25, -0.2) is 4.39 Å². The molecule has 0 radical (unpaired) electrons. The standard InChI is InChI=1S/C25H23ClFN3O3S/c1-25(2,3)34(33)29-24(32)22-21(17-8-6-12-28-23(17)31)18-13-16(26)10-11-20(18)30(22)14-15-7-4-5-9-19(15)27/h4-13H,14H2,1-3H3,(H,28,31)(H,29,32). The quantitative estimate of drug-likeness (QED) is 0.377. The van der Waals surface area contributed by atoms with Crippen LogP contribution in [0.5, 0.6) is 0 Å². The van der Waals surface area contributed by atoms with Crippen molar-refractivity contribution in [2.24, 2.45) is 0 Å². The molecule has 2 N–H and O–H groups in total. The van der Waals surface area contributed by atoms with Crippen LogP contribution in [0.25, 0.3) is 22.0 Å². The molecule has 0 saturated heterocycles. The van der Waals surface area contributed by atoms with Gasteiger partial charge in [-0.2, -0.15) is 4.72 Å². The number of pyridine rings is 1. The van der Waals surface area contributed by atoms with Crippen molar-refractivity contribution in [1.29, 1.82) is 0 Å². The fourth-order valence-electron chi connectivity index (χ4n) is 3.70. The highest BCUT2D eigenvalue weighted by Crippen LogP contribution is 2.36. The van der Waals surface area contributed by atoms with Crippen LogP contribution in [0, 0.1) is 5.82 Å². The fourth-order valence-corrected chi connectivity index (χ4v) is 4.44. The van der Waals surface area contributed by atoms with E-state index in [4.69, 9.17) is 11.6 Å². The molecule has 0 aliphatic carbocycles. The number of amides is 1. The molecule has 176 valence electrons. The molecule has 4 rings (SSSR count).